The normalized spacial score (nSPS) is 14.9. The van der Waals surface area contributed by atoms with E-state index in [1.54, 1.807) is 35.3 Å². The molecule has 2 aromatic carbocycles. The number of nitrogens with zero attached hydrogens (tertiary/aromatic N) is 4. The predicted molar refractivity (Wildman–Crippen MR) is 106 cm³/mol. The van der Waals surface area contributed by atoms with Crippen LogP contribution >= 0.6 is 11.8 Å². The number of benzene rings is 2. The summed E-state index contributed by atoms with van der Waals surface area (Å²) in [4.78, 5) is 5.86. The zero-order chi connectivity index (χ0) is 20.5. The van der Waals surface area contributed by atoms with Crippen LogP contribution in [0.25, 0.3) is 0 Å². The van der Waals surface area contributed by atoms with Crippen LogP contribution in [0.4, 0.5) is 0 Å². The molecule has 10 heteroatoms. The lowest BCUT2D eigenvalue weighted by molar-refractivity contribution is 0.487. The summed E-state index contributed by atoms with van der Waals surface area (Å²) < 4.78 is 28.4. The average molecular weight is 428 g/mol. The second kappa shape index (κ2) is 7.51. The van der Waals surface area contributed by atoms with Crippen LogP contribution in [0.3, 0.4) is 0 Å². The summed E-state index contributed by atoms with van der Waals surface area (Å²) in [6.45, 7) is 0.560. The molecule has 1 saturated carbocycles. The second-order valence-corrected chi connectivity index (χ2v) is 9.10. The van der Waals surface area contributed by atoms with Gasteiger partial charge in [-0.15, -0.1) is 0 Å². The highest BCUT2D eigenvalue weighted by Gasteiger charge is 2.45. The first kappa shape index (κ1) is 19.4. The minimum Gasteiger partial charge on any atom is -0.371 e. The van der Waals surface area contributed by atoms with E-state index in [4.69, 9.17) is 5.14 Å². The molecule has 1 aliphatic carbocycles. The van der Waals surface area contributed by atoms with Crippen LogP contribution in [0, 0.1) is 11.3 Å². The Morgan fingerprint density at radius 1 is 1.21 bits per heavy atom. The molecule has 1 heterocycles. The van der Waals surface area contributed by atoms with E-state index in [9.17, 15) is 13.7 Å². The van der Waals surface area contributed by atoms with E-state index in [0.29, 0.717) is 6.54 Å². The first-order chi connectivity index (χ1) is 13.9. The lowest BCUT2D eigenvalue weighted by atomic mass is 9.96. The van der Waals surface area contributed by atoms with Gasteiger partial charge in [0.05, 0.1) is 18.0 Å². The Hall–Kier alpha value is -2.87. The molecule has 1 aliphatic rings. The van der Waals surface area contributed by atoms with Gasteiger partial charge in [0.1, 0.15) is 18.4 Å². The monoisotopic (exact) mass is 427 g/mol. The van der Waals surface area contributed by atoms with Gasteiger partial charge in [0.25, 0.3) is 0 Å². The standard InChI is InChI=1S/C19H17N5O3S2/c20-11-19(5-6-19)15-7-14(10-24-13-22-12-23-24)8-18(9-15)28-17-3-1-16(2-4-17)27-29(21,25)26/h1-4,7-9,12-13H,5-6,10H2,(H2,21,25,26). The molecule has 2 N–H and O–H groups in total. The number of nitriles is 1. The molecule has 29 heavy (non-hydrogen) atoms. The van der Waals surface area contributed by atoms with E-state index in [0.717, 1.165) is 33.8 Å². The fourth-order valence-electron chi connectivity index (χ4n) is 3.01. The molecular formula is C19H17N5O3S2. The van der Waals surface area contributed by atoms with Crippen molar-refractivity contribution in [2.75, 3.05) is 0 Å². The third-order valence-electron chi connectivity index (χ3n) is 4.57. The topological polar surface area (TPSA) is 124 Å². The first-order valence-corrected chi connectivity index (χ1v) is 11.0. The maximum Gasteiger partial charge on any atom is 0.380 e. The van der Waals surface area contributed by atoms with E-state index in [-0.39, 0.29) is 5.75 Å². The molecule has 0 amide bonds. The van der Waals surface area contributed by atoms with Crippen molar-refractivity contribution in [3.63, 3.8) is 0 Å². The molecule has 0 spiro atoms. The van der Waals surface area contributed by atoms with E-state index in [2.05, 4.69) is 32.5 Å². The van der Waals surface area contributed by atoms with Gasteiger partial charge >= 0.3 is 10.3 Å². The fraction of sp³-hybridized carbons (Fsp3) is 0.211. The molecule has 4 rings (SSSR count). The molecule has 0 aliphatic heterocycles. The quantitative estimate of drug-likeness (QED) is 0.614. The Morgan fingerprint density at radius 2 is 1.97 bits per heavy atom. The van der Waals surface area contributed by atoms with Crippen molar-refractivity contribution in [1.29, 1.82) is 5.26 Å². The Bertz CT molecular complexity index is 1170. The fourth-order valence-corrected chi connectivity index (χ4v) is 4.33. The highest BCUT2D eigenvalue weighted by atomic mass is 32.2. The van der Waals surface area contributed by atoms with E-state index in [1.165, 1.54) is 18.1 Å². The molecule has 1 fully saturated rings. The molecule has 0 atom stereocenters. The molecule has 8 nitrogen and oxygen atoms in total. The van der Waals surface area contributed by atoms with Crippen molar-refractivity contribution in [3.05, 3.63) is 66.2 Å². The van der Waals surface area contributed by atoms with Gasteiger partial charge < -0.3 is 4.18 Å². The van der Waals surface area contributed by atoms with Gasteiger partial charge in [-0.25, -0.2) is 9.67 Å². The molecular weight excluding hydrogens is 410 g/mol. The predicted octanol–water partition coefficient (Wildman–Crippen LogP) is 2.62. The van der Waals surface area contributed by atoms with Crippen LogP contribution in [0.1, 0.15) is 24.0 Å². The maximum absolute atomic E-state index is 11.0. The second-order valence-electron chi connectivity index (χ2n) is 6.80. The van der Waals surface area contributed by atoms with Gasteiger partial charge in [-0.3, -0.25) is 0 Å². The number of aromatic nitrogens is 3. The number of hydrogen-bond acceptors (Lipinski definition) is 7. The zero-order valence-electron chi connectivity index (χ0n) is 15.2. The molecule has 0 unspecified atom stereocenters. The van der Waals surface area contributed by atoms with E-state index < -0.39 is 15.7 Å². The van der Waals surface area contributed by atoms with Crippen LogP contribution in [0.5, 0.6) is 5.75 Å². The van der Waals surface area contributed by atoms with Crippen molar-refractivity contribution in [2.24, 2.45) is 5.14 Å². The van der Waals surface area contributed by atoms with Gasteiger partial charge in [-0.1, -0.05) is 17.8 Å². The van der Waals surface area contributed by atoms with Crippen molar-refractivity contribution in [3.8, 4) is 11.8 Å². The number of rotatable bonds is 7. The summed E-state index contributed by atoms with van der Waals surface area (Å²) in [7, 11) is -4.05. The molecule has 148 valence electrons. The van der Waals surface area contributed by atoms with Gasteiger partial charge in [0.15, 0.2) is 0 Å². The zero-order valence-corrected chi connectivity index (χ0v) is 16.9. The number of nitrogens with two attached hydrogens (primary N) is 1. The van der Waals surface area contributed by atoms with Gasteiger partial charge in [-0.2, -0.15) is 23.9 Å². The van der Waals surface area contributed by atoms with Crippen molar-refractivity contribution in [1.82, 2.24) is 14.8 Å². The van der Waals surface area contributed by atoms with Crippen molar-refractivity contribution in [2.45, 2.75) is 34.6 Å². The first-order valence-electron chi connectivity index (χ1n) is 8.73. The minimum atomic E-state index is -4.05. The molecule has 1 aromatic heterocycles. The number of hydrogen-bond donors (Lipinski definition) is 1. The minimum absolute atomic E-state index is 0.152. The molecule has 3 aromatic rings. The van der Waals surface area contributed by atoms with Crippen molar-refractivity contribution >= 4 is 22.1 Å². The van der Waals surface area contributed by atoms with Crippen LogP contribution in [0.15, 0.2) is 64.9 Å². The van der Waals surface area contributed by atoms with Crippen molar-refractivity contribution < 1.29 is 12.6 Å². The van der Waals surface area contributed by atoms with Gasteiger partial charge in [0.2, 0.25) is 0 Å². The third kappa shape index (κ3) is 4.76. The van der Waals surface area contributed by atoms with Crippen LogP contribution < -0.4 is 9.32 Å². The Labute approximate surface area is 172 Å². The summed E-state index contributed by atoms with van der Waals surface area (Å²) in [5.74, 6) is 0.152. The SMILES string of the molecule is N#CC1(c2cc(Cn3cncn3)cc(Sc3ccc(OS(N)(=O)=O)cc3)c2)CC1. The smallest absolute Gasteiger partial charge is 0.371 e. The molecule has 0 saturated heterocycles. The van der Waals surface area contributed by atoms with Crippen LogP contribution in [0.2, 0.25) is 0 Å². The molecule has 0 radical (unpaired) electrons. The van der Waals surface area contributed by atoms with E-state index in [1.807, 2.05) is 6.07 Å². The van der Waals surface area contributed by atoms with Crippen LogP contribution in [-0.2, 0) is 22.3 Å². The average Bonchev–Trinajstić information content (AvgIpc) is 3.32. The highest BCUT2D eigenvalue weighted by Crippen LogP contribution is 2.48. The Morgan fingerprint density at radius 3 is 2.55 bits per heavy atom. The van der Waals surface area contributed by atoms with Crippen LogP contribution in [-0.4, -0.2) is 23.2 Å². The summed E-state index contributed by atoms with van der Waals surface area (Å²) >= 11 is 1.52. The molecule has 0 bridgehead atoms. The summed E-state index contributed by atoms with van der Waals surface area (Å²) in [5, 5.41) is 18.6. The van der Waals surface area contributed by atoms with Gasteiger partial charge in [-0.05, 0) is 60.4 Å². The summed E-state index contributed by atoms with van der Waals surface area (Å²) in [6.07, 6.45) is 4.86. The summed E-state index contributed by atoms with van der Waals surface area (Å²) in [6, 6.07) is 15.2. The highest BCUT2D eigenvalue weighted by molar-refractivity contribution is 7.99. The lowest BCUT2D eigenvalue weighted by Crippen LogP contribution is -2.18. The lowest BCUT2D eigenvalue weighted by Gasteiger charge is -2.13. The Balaban J connectivity index is 1.60. The Kier molecular flexibility index (Phi) is 5.04. The summed E-state index contributed by atoms with van der Waals surface area (Å²) in [5.41, 5.74) is 1.64. The maximum atomic E-state index is 11.0. The third-order valence-corrected chi connectivity index (χ3v) is 5.97. The largest absolute Gasteiger partial charge is 0.380 e. The van der Waals surface area contributed by atoms with Gasteiger partial charge in [0, 0.05) is 9.79 Å². The van der Waals surface area contributed by atoms with E-state index >= 15 is 0 Å².